The van der Waals surface area contributed by atoms with E-state index < -0.39 is 0 Å². The second kappa shape index (κ2) is 8.90. The number of halogens is 2. The summed E-state index contributed by atoms with van der Waals surface area (Å²) in [6, 6.07) is 10.7. The Labute approximate surface area is 177 Å². The summed E-state index contributed by atoms with van der Waals surface area (Å²) in [4.78, 5) is 25.2. The number of hydrogen-bond donors (Lipinski definition) is 0. The van der Waals surface area contributed by atoms with Crippen LogP contribution in [0.5, 0.6) is 11.5 Å². The number of amides is 2. The normalized spacial score (nSPS) is 15.4. The van der Waals surface area contributed by atoms with Gasteiger partial charge in [0, 0.05) is 12.1 Å². The summed E-state index contributed by atoms with van der Waals surface area (Å²) in [6.45, 7) is 2.57. The predicted molar refractivity (Wildman–Crippen MR) is 112 cm³/mol. The average Bonchev–Trinajstić information content (AvgIpc) is 2.89. The lowest BCUT2D eigenvalue weighted by atomic mass is 10.1. The molecule has 146 valence electrons. The van der Waals surface area contributed by atoms with E-state index in [1.165, 1.54) is 7.05 Å². The van der Waals surface area contributed by atoms with E-state index in [1.807, 2.05) is 19.1 Å². The van der Waals surface area contributed by atoms with Crippen molar-refractivity contribution in [2.45, 2.75) is 13.5 Å². The highest BCUT2D eigenvalue weighted by Gasteiger charge is 2.31. The first-order chi connectivity index (χ1) is 13.4. The number of carbonyl (C=O) groups excluding carboxylic acids is 2. The van der Waals surface area contributed by atoms with Crippen molar-refractivity contribution in [2.75, 3.05) is 13.7 Å². The number of hydrogen-bond acceptors (Lipinski definition) is 5. The van der Waals surface area contributed by atoms with Crippen LogP contribution in [-0.2, 0) is 11.4 Å². The van der Waals surface area contributed by atoms with E-state index in [0.29, 0.717) is 45.2 Å². The van der Waals surface area contributed by atoms with Crippen LogP contribution in [0.2, 0.25) is 10.0 Å². The van der Waals surface area contributed by atoms with Gasteiger partial charge in [0.25, 0.3) is 11.1 Å². The lowest BCUT2D eigenvalue weighted by Crippen LogP contribution is -2.22. The highest BCUT2D eigenvalue weighted by atomic mass is 35.5. The van der Waals surface area contributed by atoms with Crippen molar-refractivity contribution >= 4 is 52.2 Å². The van der Waals surface area contributed by atoms with Crippen molar-refractivity contribution in [1.29, 1.82) is 0 Å². The zero-order valence-electron chi connectivity index (χ0n) is 15.2. The second-order valence-electron chi connectivity index (χ2n) is 5.92. The highest BCUT2D eigenvalue weighted by molar-refractivity contribution is 8.18. The lowest BCUT2D eigenvalue weighted by Gasteiger charge is -2.15. The van der Waals surface area contributed by atoms with Gasteiger partial charge in [-0.15, -0.1) is 0 Å². The quantitative estimate of drug-likeness (QED) is 0.547. The van der Waals surface area contributed by atoms with Gasteiger partial charge in [-0.1, -0.05) is 35.3 Å². The molecule has 28 heavy (non-hydrogen) atoms. The largest absolute Gasteiger partial charge is 0.490 e. The molecule has 1 fully saturated rings. The fraction of sp³-hybridized carbons (Fsp3) is 0.200. The molecule has 1 aliphatic rings. The van der Waals surface area contributed by atoms with Crippen molar-refractivity contribution in [1.82, 2.24) is 4.90 Å². The number of benzene rings is 2. The van der Waals surface area contributed by atoms with Crippen molar-refractivity contribution in [3.63, 3.8) is 0 Å². The number of thioether (sulfide) groups is 1. The summed E-state index contributed by atoms with van der Waals surface area (Å²) < 4.78 is 11.5. The maximum Gasteiger partial charge on any atom is 0.293 e. The zero-order valence-corrected chi connectivity index (χ0v) is 17.5. The van der Waals surface area contributed by atoms with Gasteiger partial charge in [0.15, 0.2) is 11.5 Å². The molecule has 1 aliphatic heterocycles. The van der Waals surface area contributed by atoms with E-state index in [4.69, 9.17) is 32.7 Å². The Morgan fingerprint density at radius 2 is 1.82 bits per heavy atom. The van der Waals surface area contributed by atoms with E-state index >= 15 is 0 Å². The molecule has 0 unspecified atom stereocenters. The third-order valence-electron chi connectivity index (χ3n) is 3.91. The molecule has 0 aliphatic carbocycles. The smallest absolute Gasteiger partial charge is 0.293 e. The van der Waals surface area contributed by atoms with Gasteiger partial charge in [0.1, 0.15) is 6.61 Å². The standard InChI is InChI=1S/C20H17Cl2NO4S/c1-3-26-16-9-13(10-17-19(24)23(2)20(25)28-17)8-15(22)18(16)27-11-12-4-6-14(21)7-5-12/h4-10H,3,11H2,1-2H3/b17-10-. The fourth-order valence-corrected chi connectivity index (χ4v) is 3.73. The predicted octanol–water partition coefficient (Wildman–Crippen LogP) is 5.64. The van der Waals surface area contributed by atoms with Gasteiger partial charge < -0.3 is 9.47 Å². The molecule has 8 heteroatoms. The topological polar surface area (TPSA) is 55.8 Å². The summed E-state index contributed by atoms with van der Waals surface area (Å²) in [6.07, 6.45) is 1.62. The lowest BCUT2D eigenvalue weighted by molar-refractivity contribution is -0.121. The molecule has 0 saturated carbocycles. The third-order valence-corrected chi connectivity index (χ3v) is 5.41. The number of imide groups is 1. The van der Waals surface area contributed by atoms with Crippen LogP contribution in [0.25, 0.3) is 6.08 Å². The molecule has 3 rings (SSSR count). The Morgan fingerprint density at radius 3 is 2.43 bits per heavy atom. The van der Waals surface area contributed by atoms with Crippen LogP contribution in [0.4, 0.5) is 4.79 Å². The second-order valence-corrected chi connectivity index (χ2v) is 7.76. The Balaban J connectivity index is 1.86. The Bertz CT molecular complexity index is 944. The first-order valence-electron chi connectivity index (χ1n) is 8.44. The molecule has 1 saturated heterocycles. The minimum absolute atomic E-state index is 0.297. The van der Waals surface area contributed by atoms with Crippen LogP contribution in [0, 0.1) is 0 Å². The summed E-state index contributed by atoms with van der Waals surface area (Å²) in [5.74, 6) is 0.539. The maximum absolute atomic E-state index is 12.1. The number of nitrogens with zero attached hydrogens (tertiary/aromatic N) is 1. The third kappa shape index (κ3) is 4.63. The van der Waals surface area contributed by atoms with Crippen LogP contribution in [-0.4, -0.2) is 29.7 Å². The van der Waals surface area contributed by atoms with Crippen molar-refractivity contribution in [3.8, 4) is 11.5 Å². The van der Waals surface area contributed by atoms with Crippen LogP contribution < -0.4 is 9.47 Å². The molecule has 2 aromatic rings. The molecule has 1 heterocycles. The molecule has 0 N–H and O–H groups in total. The summed E-state index contributed by atoms with van der Waals surface area (Å²) in [5.41, 5.74) is 1.58. The Morgan fingerprint density at radius 1 is 1.11 bits per heavy atom. The zero-order chi connectivity index (χ0) is 20.3. The van der Waals surface area contributed by atoms with E-state index in [2.05, 4.69) is 0 Å². The summed E-state index contributed by atoms with van der Waals surface area (Å²) in [7, 11) is 1.45. The van der Waals surface area contributed by atoms with Crippen molar-refractivity contribution in [3.05, 3.63) is 62.5 Å². The van der Waals surface area contributed by atoms with Gasteiger partial charge in [0.05, 0.1) is 16.5 Å². The summed E-state index contributed by atoms with van der Waals surface area (Å²) in [5, 5.41) is 0.690. The first kappa shape index (κ1) is 20.6. The molecular formula is C20H17Cl2NO4S. The van der Waals surface area contributed by atoms with Gasteiger partial charge in [-0.3, -0.25) is 14.5 Å². The van der Waals surface area contributed by atoms with Crippen molar-refractivity contribution < 1.29 is 19.1 Å². The minimum Gasteiger partial charge on any atom is -0.490 e. The first-order valence-corrected chi connectivity index (χ1v) is 10.0. The molecular weight excluding hydrogens is 421 g/mol. The molecule has 0 bridgehead atoms. The monoisotopic (exact) mass is 437 g/mol. The SMILES string of the molecule is CCOc1cc(/C=C2\SC(=O)N(C)C2=O)cc(Cl)c1OCc1ccc(Cl)cc1. The number of likely N-dealkylation sites (N-methyl/N-ethyl adjacent to an activating group) is 1. The fourth-order valence-electron chi connectivity index (χ4n) is 2.51. The van der Waals surface area contributed by atoms with Gasteiger partial charge in [0.2, 0.25) is 0 Å². The molecule has 2 aromatic carbocycles. The average molecular weight is 438 g/mol. The Hall–Kier alpha value is -2.15. The van der Waals surface area contributed by atoms with Crippen LogP contribution in [0.15, 0.2) is 41.3 Å². The minimum atomic E-state index is -0.341. The molecule has 2 amide bonds. The van der Waals surface area contributed by atoms with Crippen molar-refractivity contribution in [2.24, 2.45) is 0 Å². The van der Waals surface area contributed by atoms with Crippen LogP contribution in [0.1, 0.15) is 18.1 Å². The van der Waals surface area contributed by atoms with Crippen LogP contribution in [0.3, 0.4) is 0 Å². The molecule has 0 spiro atoms. The maximum atomic E-state index is 12.1. The molecule has 0 radical (unpaired) electrons. The Kier molecular flexibility index (Phi) is 6.54. The summed E-state index contributed by atoms with van der Waals surface area (Å²) >= 11 is 13.2. The highest BCUT2D eigenvalue weighted by Crippen LogP contribution is 2.39. The number of ether oxygens (including phenoxy) is 2. The van der Waals surface area contributed by atoms with Crippen LogP contribution >= 0.6 is 35.0 Å². The van der Waals surface area contributed by atoms with Gasteiger partial charge >= 0.3 is 0 Å². The van der Waals surface area contributed by atoms with Gasteiger partial charge in [-0.2, -0.15) is 0 Å². The number of carbonyl (C=O) groups is 2. The van der Waals surface area contributed by atoms with E-state index in [0.717, 1.165) is 22.2 Å². The van der Waals surface area contributed by atoms with E-state index in [9.17, 15) is 9.59 Å². The molecule has 5 nitrogen and oxygen atoms in total. The van der Waals surface area contributed by atoms with Gasteiger partial charge in [-0.05, 0) is 60.2 Å². The molecule has 0 atom stereocenters. The van der Waals surface area contributed by atoms with E-state index in [1.54, 1.807) is 30.3 Å². The van der Waals surface area contributed by atoms with E-state index in [-0.39, 0.29) is 11.1 Å². The number of rotatable bonds is 6. The van der Waals surface area contributed by atoms with Gasteiger partial charge in [-0.25, -0.2) is 0 Å². The molecule has 0 aromatic heterocycles.